The summed E-state index contributed by atoms with van der Waals surface area (Å²) in [7, 11) is -2.82. The van der Waals surface area contributed by atoms with Crippen LogP contribution in [-0.4, -0.2) is 31.0 Å². The van der Waals surface area contributed by atoms with Gasteiger partial charge in [-0.05, 0) is 31.5 Å². The molecule has 1 heterocycles. The molecule has 0 amide bonds. The zero-order valence-corrected chi connectivity index (χ0v) is 18.4. The largest absolute Gasteiger partial charge is 0.491 e. The highest BCUT2D eigenvalue weighted by Gasteiger charge is 2.42. The van der Waals surface area contributed by atoms with Crippen molar-refractivity contribution in [2.45, 2.75) is 36.6 Å². The fourth-order valence-corrected chi connectivity index (χ4v) is 6.62. The number of halogens is 3. The van der Waals surface area contributed by atoms with Gasteiger partial charge in [0.25, 0.3) is 0 Å². The van der Waals surface area contributed by atoms with E-state index in [4.69, 9.17) is 0 Å². The molecule has 1 aliphatic rings. The molecular weight excluding hydrogens is 435 g/mol. The van der Waals surface area contributed by atoms with Crippen LogP contribution in [0.3, 0.4) is 0 Å². The Hall–Kier alpha value is -1.97. The number of thioether (sulfide) groups is 1. The van der Waals surface area contributed by atoms with Crippen LogP contribution in [0, 0.1) is 17.5 Å². The molecule has 162 valence electrons. The van der Waals surface area contributed by atoms with Crippen LogP contribution in [0.4, 0.5) is 13.2 Å². The molecule has 3 rings (SSSR count). The van der Waals surface area contributed by atoms with Gasteiger partial charge in [0, 0.05) is 22.9 Å². The summed E-state index contributed by atoms with van der Waals surface area (Å²) in [6.45, 7) is 6.83. The maximum atomic E-state index is 14.8. The molecule has 30 heavy (non-hydrogen) atoms. The molecule has 0 saturated heterocycles. The van der Waals surface area contributed by atoms with E-state index < -0.39 is 45.1 Å². The molecule has 0 bridgehead atoms. The molecule has 0 aliphatic carbocycles. The van der Waals surface area contributed by atoms with Crippen LogP contribution in [0.5, 0.6) is 5.75 Å². The standard InChI is InChI=1S/C21H22F3NO3S2/c1-5-30(26,27)25(11-13-10-15(22)19(24)20(28-4)18(13)23)21-17(12(2)3)14-8-6-7-9-16(14)29-21/h6-10,17,21H,2,5,11H2,1,3-4H3. The van der Waals surface area contributed by atoms with Crippen molar-refractivity contribution in [1.82, 2.24) is 4.31 Å². The smallest absolute Gasteiger partial charge is 0.215 e. The first-order chi connectivity index (χ1) is 14.1. The van der Waals surface area contributed by atoms with Crippen LogP contribution in [0.1, 0.15) is 30.9 Å². The van der Waals surface area contributed by atoms with Gasteiger partial charge in [-0.1, -0.05) is 30.4 Å². The monoisotopic (exact) mass is 457 g/mol. The lowest BCUT2D eigenvalue weighted by Gasteiger charge is -2.32. The molecule has 0 aromatic heterocycles. The molecule has 0 saturated carbocycles. The number of fused-ring (bicyclic) bond motifs is 1. The number of methoxy groups -OCH3 is 1. The maximum absolute atomic E-state index is 14.8. The van der Waals surface area contributed by atoms with Crippen molar-refractivity contribution in [2.24, 2.45) is 0 Å². The number of ether oxygens (including phenoxy) is 1. The normalized spacial score (nSPS) is 18.5. The molecule has 2 unspecified atom stereocenters. The van der Waals surface area contributed by atoms with Crippen molar-refractivity contribution < 1.29 is 26.3 Å². The van der Waals surface area contributed by atoms with E-state index in [-0.39, 0.29) is 17.2 Å². The molecule has 0 fully saturated rings. The van der Waals surface area contributed by atoms with Gasteiger partial charge in [-0.2, -0.15) is 8.70 Å². The Labute approximate surface area is 178 Å². The second kappa shape index (κ2) is 8.64. The Morgan fingerprint density at radius 1 is 1.23 bits per heavy atom. The van der Waals surface area contributed by atoms with Gasteiger partial charge >= 0.3 is 0 Å². The number of sulfonamides is 1. The summed E-state index contributed by atoms with van der Waals surface area (Å²) in [5.41, 5.74) is 1.37. The second-order valence-corrected chi connectivity index (χ2v) is 10.4. The maximum Gasteiger partial charge on any atom is 0.215 e. The number of rotatable bonds is 7. The molecule has 1 aliphatic heterocycles. The van der Waals surface area contributed by atoms with Gasteiger partial charge in [0.1, 0.15) is 0 Å². The predicted octanol–water partition coefficient (Wildman–Crippen LogP) is 5.06. The van der Waals surface area contributed by atoms with Gasteiger partial charge < -0.3 is 4.74 Å². The van der Waals surface area contributed by atoms with Crippen molar-refractivity contribution in [3.63, 3.8) is 0 Å². The molecule has 2 atom stereocenters. The summed E-state index contributed by atoms with van der Waals surface area (Å²) in [4.78, 5) is 0.898. The summed E-state index contributed by atoms with van der Waals surface area (Å²) in [5, 5.41) is -0.636. The Balaban J connectivity index is 2.11. The van der Waals surface area contributed by atoms with E-state index in [9.17, 15) is 21.6 Å². The quantitative estimate of drug-likeness (QED) is 0.431. The van der Waals surface area contributed by atoms with Crippen molar-refractivity contribution in [1.29, 1.82) is 0 Å². The molecule has 0 radical (unpaired) electrons. The van der Waals surface area contributed by atoms with Crippen LogP contribution in [0.2, 0.25) is 0 Å². The minimum absolute atomic E-state index is 0.230. The van der Waals surface area contributed by atoms with E-state index in [1.54, 1.807) is 6.92 Å². The molecule has 2 aromatic rings. The zero-order chi connectivity index (χ0) is 22.2. The van der Waals surface area contributed by atoms with E-state index in [0.717, 1.165) is 27.4 Å². The Morgan fingerprint density at radius 2 is 1.90 bits per heavy atom. The summed E-state index contributed by atoms with van der Waals surface area (Å²) in [5.74, 6) is -5.33. The minimum atomic E-state index is -3.84. The van der Waals surface area contributed by atoms with Gasteiger partial charge in [-0.25, -0.2) is 17.2 Å². The van der Waals surface area contributed by atoms with Crippen molar-refractivity contribution in [2.75, 3.05) is 12.9 Å². The lowest BCUT2D eigenvalue weighted by Crippen LogP contribution is -2.41. The molecule has 4 nitrogen and oxygen atoms in total. The summed E-state index contributed by atoms with van der Waals surface area (Å²) >= 11 is 1.33. The fourth-order valence-electron chi connectivity index (χ4n) is 3.54. The van der Waals surface area contributed by atoms with E-state index in [1.807, 2.05) is 24.3 Å². The summed E-state index contributed by atoms with van der Waals surface area (Å²) < 4.78 is 74.4. The average Bonchev–Trinajstić information content (AvgIpc) is 3.09. The highest BCUT2D eigenvalue weighted by Crippen LogP contribution is 2.50. The molecule has 9 heteroatoms. The van der Waals surface area contributed by atoms with E-state index >= 15 is 0 Å². The van der Waals surface area contributed by atoms with E-state index in [1.165, 1.54) is 18.7 Å². The Bertz CT molecular complexity index is 1090. The fraction of sp³-hybridized carbons (Fsp3) is 0.333. The first-order valence-corrected chi connectivity index (χ1v) is 11.7. The first kappa shape index (κ1) is 22.7. The Kier molecular flexibility index (Phi) is 6.54. The number of benzene rings is 2. The Morgan fingerprint density at radius 3 is 2.50 bits per heavy atom. The van der Waals surface area contributed by atoms with Gasteiger partial charge in [0.2, 0.25) is 15.8 Å². The van der Waals surface area contributed by atoms with Crippen molar-refractivity contribution in [3.05, 3.63) is 71.1 Å². The zero-order valence-electron chi connectivity index (χ0n) is 16.8. The van der Waals surface area contributed by atoms with Crippen LogP contribution >= 0.6 is 11.8 Å². The van der Waals surface area contributed by atoms with Gasteiger partial charge in [0.05, 0.1) is 18.2 Å². The van der Waals surface area contributed by atoms with Crippen LogP contribution in [-0.2, 0) is 16.6 Å². The number of nitrogens with zero attached hydrogens (tertiary/aromatic N) is 1. The number of hydrogen-bond acceptors (Lipinski definition) is 4. The topological polar surface area (TPSA) is 46.6 Å². The second-order valence-electron chi connectivity index (χ2n) is 6.99. The lowest BCUT2D eigenvalue weighted by atomic mass is 9.93. The minimum Gasteiger partial charge on any atom is -0.491 e. The van der Waals surface area contributed by atoms with E-state index in [0.29, 0.717) is 6.07 Å². The number of hydrogen-bond donors (Lipinski definition) is 0. The average molecular weight is 458 g/mol. The molecule has 0 N–H and O–H groups in total. The SMILES string of the molecule is C=C(C)C1c2ccccc2SC1N(Cc1cc(F)c(F)c(OC)c1F)S(=O)(=O)CC. The van der Waals surface area contributed by atoms with Gasteiger partial charge in [-0.15, -0.1) is 11.8 Å². The molecule has 2 aromatic carbocycles. The molecule has 0 spiro atoms. The third-order valence-corrected chi connectivity index (χ3v) is 8.37. The highest BCUT2D eigenvalue weighted by atomic mass is 32.2. The van der Waals surface area contributed by atoms with Gasteiger partial charge in [0.15, 0.2) is 17.4 Å². The lowest BCUT2D eigenvalue weighted by molar-refractivity contribution is 0.331. The summed E-state index contributed by atoms with van der Waals surface area (Å²) in [6, 6.07) is 8.17. The van der Waals surface area contributed by atoms with Crippen LogP contribution < -0.4 is 4.74 Å². The third-order valence-electron chi connectivity index (χ3n) is 5.05. The van der Waals surface area contributed by atoms with Crippen LogP contribution in [0.15, 0.2) is 47.4 Å². The van der Waals surface area contributed by atoms with E-state index in [2.05, 4.69) is 11.3 Å². The summed E-state index contributed by atoms with van der Waals surface area (Å²) in [6.07, 6.45) is 0. The third kappa shape index (κ3) is 3.98. The van der Waals surface area contributed by atoms with Crippen molar-refractivity contribution >= 4 is 21.8 Å². The highest BCUT2D eigenvalue weighted by molar-refractivity contribution is 8.01. The van der Waals surface area contributed by atoms with Crippen molar-refractivity contribution in [3.8, 4) is 5.75 Å². The van der Waals surface area contributed by atoms with Crippen LogP contribution in [0.25, 0.3) is 0 Å². The molecular formula is C21H22F3NO3S2. The first-order valence-electron chi connectivity index (χ1n) is 9.23. The van der Waals surface area contributed by atoms with Gasteiger partial charge in [-0.3, -0.25) is 0 Å². The predicted molar refractivity (Wildman–Crippen MR) is 112 cm³/mol.